The average molecular weight is 664 g/mol. The van der Waals surface area contributed by atoms with Crippen molar-refractivity contribution in [1.82, 2.24) is 19.5 Å². The molecule has 0 radical (unpaired) electrons. The molecule has 4 atom stereocenters. The molecule has 1 fully saturated rings. The van der Waals surface area contributed by atoms with Gasteiger partial charge in [0.1, 0.15) is 17.8 Å². The highest BCUT2D eigenvalue weighted by molar-refractivity contribution is 6.99. The highest BCUT2D eigenvalue weighted by atomic mass is 35.5. The number of aliphatic hydroxyl groups is 2. The molecule has 0 aliphatic carbocycles. The molecule has 1 amide bonds. The molecule has 11 nitrogen and oxygen atoms in total. The molecular weight excluding hydrogens is 626 g/mol. The topological polar surface area (TPSA) is 141 Å². The minimum Gasteiger partial charge on any atom is -0.444 e. The second kappa shape index (κ2) is 12.4. The van der Waals surface area contributed by atoms with Crippen molar-refractivity contribution in [2.75, 3.05) is 11.9 Å². The van der Waals surface area contributed by atoms with Gasteiger partial charge in [-0.05, 0) is 47.8 Å². The SMILES string of the molecule is C#C[C@@]1(O)[C@@H](CO[Si](c2ccccc2)(c2ccccc2)C(C)(C)C)O[C@@H](n2cnc3c(NC(=O)OC(C)(C)C)nc(Cl)nc32)[C@@H]1O. The van der Waals surface area contributed by atoms with Gasteiger partial charge in [0.2, 0.25) is 5.28 Å². The van der Waals surface area contributed by atoms with Crippen molar-refractivity contribution in [3.05, 3.63) is 72.3 Å². The Balaban J connectivity index is 1.50. The van der Waals surface area contributed by atoms with E-state index in [0.29, 0.717) is 0 Å². The van der Waals surface area contributed by atoms with Crippen LogP contribution < -0.4 is 15.7 Å². The van der Waals surface area contributed by atoms with Crippen LogP contribution in [0.1, 0.15) is 47.8 Å². The van der Waals surface area contributed by atoms with Gasteiger partial charge < -0.3 is 24.1 Å². The fraction of sp³-hybridized carbons (Fsp3) is 0.394. The highest BCUT2D eigenvalue weighted by Crippen LogP contribution is 2.41. The first-order chi connectivity index (χ1) is 21.6. The Morgan fingerprint density at radius 3 is 2.20 bits per heavy atom. The summed E-state index contributed by atoms with van der Waals surface area (Å²) in [5.41, 5.74) is -2.61. The maximum atomic E-state index is 12.5. The van der Waals surface area contributed by atoms with Gasteiger partial charge >= 0.3 is 6.09 Å². The molecule has 2 aromatic carbocycles. The van der Waals surface area contributed by atoms with Gasteiger partial charge in [0, 0.05) is 0 Å². The second-order valence-corrected chi connectivity index (χ2v) is 17.8. The molecule has 3 N–H and O–H groups in total. The highest BCUT2D eigenvalue weighted by Gasteiger charge is 2.58. The number of rotatable bonds is 7. The number of carbonyl (C=O) groups is 1. The molecule has 1 aliphatic rings. The quantitative estimate of drug-likeness (QED) is 0.152. The lowest BCUT2D eigenvalue weighted by atomic mass is 9.93. The van der Waals surface area contributed by atoms with E-state index in [4.69, 9.17) is 31.9 Å². The average Bonchev–Trinajstić information content (AvgIpc) is 3.51. The third-order valence-electron chi connectivity index (χ3n) is 7.90. The van der Waals surface area contributed by atoms with E-state index in [1.165, 1.54) is 10.9 Å². The number of terminal acetylenes is 1. The number of benzene rings is 2. The predicted octanol–water partition coefficient (Wildman–Crippen LogP) is 4.03. The number of hydrogen-bond acceptors (Lipinski definition) is 9. The van der Waals surface area contributed by atoms with Crippen molar-refractivity contribution >= 4 is 53.4 Å². The molecule has 0 saturated carbocycles. The number of anilines is 1. The fourth-order valence-electron chi connectivity index (χ4n) is 5.84. The lowest BCUT2D eigenvalue weighted by molar-refractivity contribution is -0.0572. The molecule has 5 rings (SSSR count). The summed E-state index contributed by atoms with van der Waals surface area (Å²) in [5, 5.41) is 27.2. The molecule has 4 aromatic rings. The van der Waals surface area contributed by atoms with Crippen LogP contribution in [-0.2, 0) is 13.9 Å². The zero-order valence-electron chi connectivity index (χ0n) is 26.6. The Kier molecular flexibility index (Phi) is 9.04. The van der Waals surface area contributed by atoms with Crippen molar-refractivity contribution in [2.24, 2.45) is 0 Å². The fourth-order valence-corrected chi connectivity index (χ4v) is 10.6. The largest absolute Gasteiger partial charge is 0.444 e. The number of fused-ring (bicyclic) bond motifs is 1. The van der Waals surface area contributed by atoms with Gasteiger partial charge in [0.05, 0.1) is 12.9 Å². The molecule has 0 spiro atoms. The van der Waals surface area contributed by atoms with Crippen molar-refractivity contribution in [1.29, 1.82) is 0 Å². The van der Waals surface area contributed by atoms with Crippen LogP contribution in [0, 0.1) is 12.3 Å². The number of halogens is 1. The van der Waals surface area contributed by atoms with E-state index in [1.807, 2.05) is 36.4 Å². The van der Waals surface area contributed by atoms with Crippen molar-refractivity contribution < 1.29 is 28.9 Å². The standard InChI is InChI=1S/C33H38ClN5O6Si/c1-8-33(42)23(19-43-46(32(5,6)7,21-15-11-9-12-16-21)22-17-13-10-14-18-22)44-28(25(33)40)39-20-35-24-26(36-29(34)38-27(24)39)37-30(41)45-31(2,3)4/h1,9-18,20,23,25,28,40,42H,19H2,2-7H3,(H,36,37,38,41)/t23-,25+,28-,33-/m1/s1. The van der Waals surface area contributed by atoms with E-state index in [0.717, 1.165) is 10.4 Å². The normalized spacial score (nSPS) is 22.0. The Labute approximate surface area is 274 Å². The molecule has 0 bridgehead atoms. The Bertz CT molecular complexity index is 1710. The maximum absolute atomic E-state index is 12.5. The van der Waals surface area contributed by atoms with E-state index in [9.17, 15) is 15.0 Å². The van der Waals surface area contributed by atoms with Crippen molar-refractivity contribution in [2.45, 2.75) is 76.2 Å². The molecule has 13 heteroatoms. The molecule has 3 heterocycles. The van der Waals surface area contributed by atoms with E-state index in [2.05, 4.69) is 71.2 Å². The lowest BCUT2D eigenvalue weighted by Gasteiger charge is -2.44. The van der Waals surface area contributed by atoms with Gasteiger partial charge in [-0.15, -0.1) is 6.42 Å². The number of hydrogen-bond donors (Lipinski definition) is 3. The molecule has 46 heavy (non-hydrogen) atoms. The minimum absolute atomic E-state index is 0.00531. The Morgan fingerprint density at radius 2 is 1.67 bits per heavy atom. The monoisotopic (exact) mass is 663 g/mol. The van der Waals surface area contributed by atoms with Crippen LogP contribution in [0.4, 0.5) is 10.6 Å². The van der Waals surface area contributed by atoms with E-state index >= 15 is 0 Å². The number of imidazole rings is 1. The maximum Gasteiger partial charge on any atom is 0.413 e. The van der Waals surface area contributed by atoms with Crippen LogP contribution in [-0.4, -0.2) is 74.2 Å². The number of nitrogens with zero attached hydrogens (tertiary/aromatic N) is 4. The zero-order chi connectivity index (χ0) is 33.5. The molecule has 1 saturated heterocycles. The molecule has 242 valence electrons. The van der Waals surface area contributed by atoms with Gasteiger partial charge in [0.15, 0.2) is 28.8 Å². The van der Waals surface area contributed by atoms with E-state index in [1.54, 1.807) is 20.8 Å². The smallest absolute Gasteiger partial charge is 0.413 e. The number of aromatic nitrogens is 4. The van der Waals surface area contributed by atoms with Gasteiger partial charge in [-0.25, -0.2) is 9.78 Å². The van der Waals surface area contributed by atoms with Crippen LogP contribution in [0.25, 0.3) is 11.2 Å². The Morgan fingerprint density at radius 1 is 1.09 bits per heavy atom. The third-order valence-corrected chi connectivity index (χ3v) is 13.1. The molecule has 0 unspecified atom stereocenters. The molecular formula is C33H38ClN5O6Si. The first-order valence-corrected chi connectivity index (χ1v) is 17.1. The summed E-state index contributed by atoms with van der Waals surface area (Å²) in [5.74, 6) is 2.35. The zero-order valence-corrected chi connectivity index (χ0v) is 28.3. The first-order valence-electron chi connectivity index (χ1n) is 14.8. The number of ether oxygens (including phenoxy) is 2. The molecule has 2 aromatic heterocycles. The summed E-state index contributed by atoms with van der Waals surface area (Å²) >= 11 is 6.23. The summed E-state index contributed by atoms with van der Waals surface area (Å²) in [6, 6.07) is 20.0. The number of carbonyl (C=O) groups excluding carboxylic acids is 1. The predicted molar refractivity (Wildman–Crippen MR) is 177 cm³/mol. The number of amides is 1. The second-order valence-electron chi connectivity index (χ2n) is 13.2. The van der Waals surface area contributed by atoms with Gasteiger partial charge in [-0.2, -0.15) is 9.97 Å². The van der Waals surface area contributed by atoms with E-state index < -0.39 is 44.0 Å². The van der Waals surface area contributed by atoms with Crippen molar-refractivity contribution in [3.63, 3.8) is 0 Å². The van der Waals surface area contributed by atoms with Gasteiger partial charge in [-0.3, -0.25) is 9.88 Å². The van der Waals surface area contributed by atoms with Crippen LogP contribution in [0.2, 0.25) is 10.3 Å². The van der Waals surface area contributed by atoms with E-state index in [-0.39, 0.29) is 33.9 Å². The third kappa shape index (κ3) is 6.14. The first kappa shape index (κ1) is 33.5. The van der Waals surface area contributed by atoms with Gasteiger partial charge in [-0.1, -0.05) is 87.4 Å². The Hall–Kier alpha value is -3.83. The number of nitrogens with one attached hydrogen (secondary N) is 1. The van der Waals surface area contributed by atoms with Gasteiger partial charge in [0.25, 0.3) is 8.32 Å². The summed E-state index contributed by atoms with van der Waals surface area (Å²) in [4.78, 5) is 25.2. The summed E-state index contributed by atoms with van der Waals surface area (Å²) in [7, 11) is -3.04. The summed E-state index contributed by atoms with van der Waals surface area (Å²) in [6.07, 6.45) is 2.44. The summed E-state index contributed by atoms with van der Waals surface area (Å²) < 4.78 is 20.0. The minimum atomic E-state index is -3.04. The van der Waals surface area contributed by atoms with Crippen LogP contribution in [0.3, 0.4) is 0 Å². The van der Waals surface area contributed by atoms with Crippen molar-refractivity contribution in [3.8, 4) is 12.3 Å². The van der Waals surface area contributed by atoms with Crippen LogP contribution in [0.15, 0.2) is 67.0 Å². The number of aliphatic hydroxyl groups excluding tert-OH is 1. The van der Waals surface area contributed by atoms with Crippen LogP contribution in [0.5, 0.6) is 0 Å². The van der Waals surface area contributed by atoms with Crippen LogP contribution >= 0.6 is 11.6 Å². The molecule has 1 aliphatic heterocycles. The summed E-state index contributed by atoms with van der Waals surface area (Å²) in [6.45, 7) is 11.4. The lowest BCUT2D eigenvalue weighted by Crippen LogP contribution is -2.67.